The molecule has 1 aliphatic rings. The molecule has 144 valence electrons. The molecule has 0 aliphatic heterocycles. The number of carbonyl (C=O) groups is 1. The predicted molar refractivity (Wildman–Crippen MR) is 111 cm³/mol. The summed E-state index contributed by atoms with van der Waals surface area (Å²) < 4.78 is 14.0. The highest BCUT2D eigenvalue weighted by atomic mass is 19.1. The van der Waals surface area contributed by atoms with Crippen LogP contribution in [-0.4, -0.2) is 10.9 Å². The molecule has 3 nitrogen and oxygen atoms in total. The zero-order chi connectivity index (χ0) is 19.7. The molecule has 1 N–H and O–H groups in total. The van der Waals surface area contributed by atoms with Crippen molar-refractivity contribution in [3.05, 3.63) is 71.7 Å². The summed E-state index contributed by atoms with van der Waals surface area (Å²) in [7, 11) is 0. The van der Waals surface area contributed by atoms with Crippen molar-refractivity contribution in [3.8, 4) is 0 Å². The van der Waals surface area contributed by atoms with Gasteiger partial charge in [0.25, 0.3) is 0 Å². The molecule has 0 saturated heterocycles. The number of fused-ring (bicyclic) bond motifs is 1. The molecular weight excluding hydrogens is 351 g/mol. The van der Waals surface area contributed by atoms with E-state index in [-0.39, 0.29) is 23.1 Å². The number of hydrogen-bond donors (Lipinski definition) is 1. The maximum atomic E-state index is 14.0. The molecule has 0 spiro atoms. The van der Waals surface area contributed by atoms with Gasteiger partial charge in [-0.05, 0) is 55.7 Å². The number of nitrogens with one attached hydrogen (secondary N) is 1. The molecule has 1 heterocycles. The van der Waals surface area contributed by atoms with Crippen LogP contribution in [0.4, 0.5) is 10.1 Å². The summed E-state index contributed by atoms with van der Waals surface area (Å²) in [4.78, 5) is 17.5. The number of rotatable bonds is 6. The molecule has 1 saturated carbocycles. The fourth-order valence-electron chi connectivity index (χ4n) is 3.78. The van der Waals surface area contributed by atoms with Crippen molar-refractivity contribution in [2.24, 2.45) is 11.3 Å². The van der Waals surface area contributed by atoms with Gasteiger partial charge in [0.2, 0.25) is 5.91 Å². The number of aryl methyl sites for hydroxylation is 1. The molecule has 0 unspecified atom stereocenters. The minimum Gasteiger partial charge on any atom is -0.324 e. The summed E-state index contributed by atoms with van der Waals surface area (Å²) in [5, 5.41) is 3.76. The number of benzene rings is 2. The minimum absolute atomic E-state index is 0.0117. The van der Waals surface area contributed by atoms with Gasteiger partial charge in [0.15, 0.2) is 0 Å². The Balaban J connectivity index is 1.58. The van der Waals surface area contributed by atoms with Gasteiger partial charge in [-0.25, -0.2) is 9.37 Å². The largest absolute Gasteiger partial charge is 0.324 e. The van der Waals surface area contributed by atoms with Crippen molar-refractivity contribution in [2.45, 2.75) is 39.5 Å². The maximum Gasteiger partial charge on any atom is 0.227 e. The zero-order valence-corrected chi connectivity index (χ0v) is 16.3. The van der Waals surface area contributed by atoms with Crippen LogP contribution in [-0.2, 0) is 11.2 Å². The average Bonchev–Trinajstić information content (AvgIpc) is 3.40. The topological polar surface area (TPSA) is 42.0 Å². The van der Waals surface area contributed by atoms with E-state index < -0.39 is 0 Å². The van der Waals surface area contributed by atoms with E-state index in [4.69, 9.17) is 0 Å². The smallest absolute Gasteiger partial charge is 0.227 e. The fraction of sp³-hybridized carbons (Fsp3) is 0.333. The first kappa shape index (κ1) is 18.6. The van der Waals surface area contributed by atoms with Crippen LogP contribution in [0.1, 0.15) is 37.4 Å². The fourth-order valence-corrected chi connectivity index (χ4v) is 3.78. The zero-order valence-electron chi connectivity index (χ0n) is 16.3. The van der Waals surface area contributed by atoms with E-state index in [1.165, 1.54) is 24.5 Å². The van der Waals surface area contributed by atoms with Crippen LogP contribution in [0.3, 0.4) is 0 Å². The molecule has 1 atom stereocenters. The third-order valence-corrected chi connectivity index (χ3v) is 5.78. The molecular formula is C24H25FN2O. The van der Waals surface area contributed by atoms with Crippen LogP contribution >= 0.6 is 0 Å². The van der Waals surface area contributed by atoms with E-state index in [0.717, 1.165) is 12.8 Å². The predicted octanol–water partition coefficient (Wildman–Crippen LogP) is 5.67. The minimum atomic E-state index is -0.345. The summed E-state index contributed by atoms with van der Waals surface area (Å²) in [6, 6.07) is 16.8. The first-order valence-corrected chi connectivity index (χ1v) is 9.84. The Morgan fingerprint density at radius 3 is 2.64 bits per heavy atom. The number of anilines is 1. The highest BCUT2D eigenvalue weighted by molar-refractivity contribution is 5.95. The Morgan fingerprint density at radius 1 is 1.18 bits per heavy atom. The lowest BCUT2D eigenvalue weighted by molar-refractivity contribution is -0.120. The Labute approximate surface area is 165 Å². The van der Waals surface area contributed by atoms with Gasteiger partial charge in [-0.15, -0.1) is 0 Å². The van der Waals surface area contributed by atoms with Crippen LogP contribution in [0.15, 0.2) is 54.6 Å². The highest BCUT2D eigenvalue weighted by Gasteiger charge is 2.40. The number of para-hydroxylation sites is 1. The summed E-state index contributed by atoms with van der Waals surface area (Å²) in [6.45, 7) is 4.06. The molecule has 3 aromatic rings. The van der Waals surface area contributed by atoms with Gasteiger partial charge in [0.05, 0.1) is 11.4 Å². The molecule has 1 aromatic heterocycles. The van der Waals surface area contributed by atoms with Crippen molar-refractivity contribution < 1.29 is 9.18 Å². The number of hydrogen-bond acceptors (Lipinski definition) is 2. The van der Waals surface area contributed by atoms with Crippen LogP contribution in [0.2, 0.25) is 0 Å². The van der Waals surface area contributed by atoms with E-state index in [1.54, 1.807) is 13.0 Å². The molecule has 1 fully saturated rings. The third kappa shape index (κ3) is 4.06. The Kier molecular flexibility index (Phi) is 4.88. The monoisotopic (exact) mass is 376 g/mol. The molecule has 4 heteroatoms. The van der Waals surface area contributed by atoms with Gasteiger partial charge >= 0.3 is 0 Å². The number of nitrogens with zero attached hydrogens (tertiary/aromatic N) is 1. The first-order valence-electron chi connectivity index (χ1n) is 9.84. The average molecular weight is 376 g/mol. The molecule has 28 heavy (non-hydrogen) atoms. The Bertz CT molecular complexity index is 1010. The van der Waals surface area contributed by atoms with E-state index in [0.29, 0.717) is 22.3 Å². The Morgan fingerprint density at radius 2 is 1.93 bits per heavy atom. The van der Waals surface area contributed by atoms with Gasteiger partial charge in [-0.2, -0.15) is 0 Å². The molecule has 4 rings (SSSR count). The summed E-state index contributed by atoms with van der Waals surface area (Å²) in [6.07, 6.45) is 3.96. The quantitative estimate of drug-likeness (QED) is 0.602. The lowest BCUT2D eigenvalue weighted by Gasteiger charge is -2.21. The van der Waals surface area contributed by atoms with Crippen molar-refractivity contribution in [1.82, 2.24) is 4.98 Å². The van der Waals surface area contributed by atoms with Gasteiger partial charge in [-0.1, -0.05) is 49.4 Å². The lowest BCUT2D eigenvalue weighted by atomic mass is 9.87. The number of aromatic nitrogens is 1. The van der Waals surface area contributed by atoms with E-state index >= 15 is 0 Å². The van der Waals surface area contributed by atoms with E-state index in [1.807, 2.05) is 30.3 Å². The molecule has 0 bridgehead atoms. The lowest BCUT2D eigenvalue weighted by Crippen LogP contribution is -2.27. The standard InChI is InChI=1S/C24H25FN2O/c1-16-21(14-18-9-6-10-20(25)22(18)26-16)27-23(28)19(15-24(2)11-12-24)13-17-7-4-3-5-8-17/h3-10,14,19H,11-13,15H2,1-2H3,(H,27,28)/t19-/m0/s1. The van der Waals surface area contributed by atoms with E-state index in [2.05, 4.69) is 29.4 Å². The second-order valence-electron chi connectivity index (χ2n) is 8.32. The maximum absolute atomic E-state index is 14.0. The normalized spacial score (nSPS) is 16.0. The number of pyridine rings is 1. The van der Waals surface area contributed by atoms with Crippen molar-refractivity contribution in [1.29, 1.82) is 0 Å². The number of carbonyl (C=O) groups excluding carboxylic acids is 1. The Hall–Kier alpha value is -2.75. The third-order valence-electron chi connectivity index (χ3n) is 5.78. The molecule has 1 aliphatic carbocycles. The van der Waals surface area contributed by atoms with Crippen molar-refractivity contribution in [2.75, 3.05) is 5.32 Å². The van der Waals surface area contributed by atoms with Crippen LogP contribution in [0.5, 0.6) is 0 Å². The van der Waals surface area contributed by atoms with E-state index in [9.17, 15) is 9.18 Å². The highest BCUT2D eigenvalue weighted by Crippen LogP contribution is 2.50. The van der Waals surface area contributed by atoms with Crippen LogP contribution in [0.25, 0.3) is 10.9 Å². The molecule has 1 amide bonds. The molecule has 2 aromatic carbocycles. The first-order chi connectivity index (χ1) is 13.4. The number of halogens is 1. The van der Waals surface area contributed by atoms with Gasteiger partial charge in [0, 0.05) is 11.3 Å². The second-order valence-corrected chi connectivity index (χ2v) is 8.32. The number of amides is 1. The van der Waals surface area contributed by atoms with Crippen LogP contribution in [0, 0.1) is 24.1 Å². The van der Waals surface area contributed by atoms with Gasteiger partial charge in [-0.3, -0.25) is 4.79 Å². The van der Waals surface area contributed by atoms with Crippen molar-refractivity contribution in [3.63, 3.8) is 0 Å². The van der Waals surface area contributed by atoms with Crippen molar-refractivity contribution >= 4 is 22.5 Å². The summed E-state index contributed by atoms with van der Waals surface area (Å²) >= 11 is 0. The summed E-state index contributed by atoms with van der Waals surface area (Å²) in [5.41, 5.74) is 3.06. The van der Waals surface area contributed by atoms with Gasteiger partial charge < -0.3 is 5.32 Å². The molecule has 0 radical (unpaired) electrons. The van der Waals surface area contributed by atoms with Gasteiger partial charge in [0.1, 0.15) is 11.3 Å². The second kappa shape index (κ2) is 7.34. The van der Waals surface area contributed by atoms with Crippen LogP contribution < -0.4 is 5.32 Å². The summed E-state index contributed by atoms with van der Waals surface area (Å²) in [5.74, 6) is -0.433. The SMILES string of the molecule is Cc1nc2c(F)cccc2cc1NC(=O)[C@@H](Cc1ccccc1)CC1(C)CC1.